The Labute approximate surface area is 90.1 Å². The number of carboxylic acids is 1. The molecule has 0 atom stereocenters. The van der Waals surface area contributed by atoms with Crippen LogP contribution in [-0.4, -0.2) is 42.6 Å². The van der Waals surface area contributed by atoms with E-state index in [-0.39, 0.29) is 12.8 Å². The van der Waals surface area contributed by atoms with Gasteiger partial charge in [-0.2, -0.15) is 0 Å². The lowest BCUT2D eigenvalue weighted by atomic mass is 9.88. The van der Waals surface area contributed by atoms with Crippen LogP contribution in [0.5, 0.6) is 0 Å². The molecule has 0 unspecified atom stereocenters. The second-order valence-corrected chi connectivity index (χ2v) is 6.61. The highest BCUT2D eigenvalue weighted by Crippen LogP contribution is 2.36. The average molecular weight is 235 g/mol. The summed E-state index contributed by atoms with van der Waals surface area (Å²) in [6.45, 7) is 0. The maximum atomic E-state index is 12.0. The number of carboxylic acid groups (broad SMARTS) is 1. The second-order valence-electron chi connectivity index (χ2n) is 4.15. The van der Waals surface area contributed by atoms with Crippen LogP contribution in [0.2, 0.25) is 0 Å². The Morgan fingerprint density at radius 3 is 2.00 bits per heavy atom. The molecule has 1 saturated carbocycles. The molecule has 0 aromatic heterocycles. The molecule has 0 spiro atoms. The molecule has 1 N–H and O–H groups in total. The fourth-order valence-electron chi connectivity index (χ4n) is 2.05. The van der Waals surface area contributed by atoms with E-state index < -0.39 is 20.7 Å². The first-order valence-corrected chi connectivity index (χ1v) is 6.44. The summed E-state index contributed by atoms with van der Waals surface area (Å²) in [6, 6.07) is 0. The summed E-state index contributed by atoms with van der Waals surface area (Å²) in [4.78, 5) is 11.2. The highest BCUT2D eigenvalue weighted by molar-refractivity contribution is 7.91. The Morgan fingerprint density at radius 2 is 1.67 bits per heavy atom. The summed E-state index contributed by atoms with van der Waals surface area (Å²) in [5, 5.41) is 9.17. The first kappa shape index (κ1) is 12.4. The minimum absolute atomic E-state index is 0.225. The lowest BCUT2D eigenvalue weighted by Gasteiger charge is -2.34. The van der Waals surface area contributed by atoms with Gasteiger partial charge in [0.1, 0.15) is 0 Å². The van der Waals surface area contributed by atoms with Gasteiger partial charge in [0.15, 0.2) is 4.75 Å². The zero-order valence-electron chi connectivity index (χ0n) is 9.06. The molecule has 0 heterocycles. The van der Waals surface area contributed by atoms with Crippen molar-refractivity contribution < 1.29 is 18.3 Å². The Bertz CT molecular complexity index is 341. The molecular formula is C9H17NO4S. The molecule has 0 bridgehead atoms. The van der Waals surface area contributed by atoms with Crippen molar-refractivity contribution in [1.29, 1.82) is 0 Å². The molecule has 0 aliphatic heterocycles. The monoisotopic (exact) mass is 235 g/mol. The van der Waals surface area contributed by atoms with E-state index in [1.54, 1.807) is 0 Å². The first-order valence-electron chi connectivity index (χ1n) is 5.00. The van der Waals surface area contributed by atoms with Crippen LogP contribution in [0, 0.1) is 0 Å². The molecule has 0 saturated heterocycles. The number of sulfonamides is 1. The largest absolute Gasteiger partial charge is 0.480 e. The number of nitrogens with zero attached hydrogens (tertiary/aromatic N) is 1. The Morgan fingerprint density at radius 1 is 1.20 bits per heavy atom. The lowest BCUT2D eigenvalue weighted by molar-refractivity contribution is -0.141. The SMILES string of the molecule is CN(C)S(=O)(=O)C1(C(=O)O)CCCCC1. The summed E-state index contributed by atoms with van der Waals surface area (Å²) >= 11 is 0. The number of rotatable bonds is 3. The average Bonchev–Trinajstić information content (AvgIpc) is 2.18. The minimum Gasteiger partial charge on any atom is -0.480 e. The lowest BCUT2D eigenvalue weighted by Crippen LogP contribution is -2.52. The van der Waals surface area contributed by atoms with Gasteiger partial charge < -0.3 is 5.11 Å². The number of carbonyl (C=O) groups is 1. The van der Waals surface area contributed by atoms with E-state index in [4.69, 9.17) is 5.11 Å². The van der Waals surface area contributed by atoms with Gasteiger partial charge >= 0.3 is 5.97 Å². The summed E-state index contributed by atoms with van der Waals surface area (Å²) in [6.07, 6.45) is 2.70. The first-order chi connectivity index (χ1) is 6.84. The van der Waals surface area contributed by atoms with Crippen molar-refractivity contribution in [2.24, 2.45) is 0 Å². The van der Waals surface area contributed by atoms with Gasteiger partial charge in [-0.3, -0.25) is 4.79 Å². The third kappa shape index (κ3) is 1.88. The van der Waals surface area contributed by atoms with Crippen molar-refractivity contribution in [3.63, 3.8) is 0 Å². The van der Waals surface area contributed by atoms with E-state index in [1.807, 2.05) is 0 Å². The van der Waals surface area contributed by atoms with Gasteiger partial charge in [0.2, 0.25) is 10.0 Å². The molecule has 0 aromatic carbocycles. The maximum absolute atomic E-state index is 12.0. The minimum atomic E-state index is -3.73. The Balaban J connectivity index is 3.17. The second kappa shape index (κ2) is 4.09. The van der Waals surface area contributed by atoms with Crippen molar-refractivity contribution in [2.45, 2.75) is 36.9 Å². The van der Waals surface area contributed by atoms with Gasteiger partial charge in [0.25, 0.3) is 0 Å². The quantitative estimate of drug-likeness (QED) is 0.780. The highest BCUT2D eigenvalue weighted by Gasteiger charge is 2.52. The predicted octanol–water partition coefficient (Wildman–Crippen LogP) is 0.665. The van der Waals surface area contributed by atoms with Crippen LogP contribution in [0.1, 0.15) is 32.1 Å². The van der Waals surface area contributed by atoms with Gasteiger partial charge in [0, 0.05) is 14.1 Å². The molecule has 15 heavy (non-hydrogen) atoms. The number of aliphatic carboxylic acids is 1. The van der Waals surface area contributed by atoms with Crippen molar-refractivity contribution in [3.8, 4) is 0 Å². The van der Waals surface area contributed by atoms with E-state index >= 15 is 0 Å². The molecule has 1 fully saturated rings. The molecule has 0 amide bonds. The summed E-state index contributed by atoms with van der Waals surface area (Å²) < 4.78 is 23.4. The van der Waals surface area contributed by atoms with E-state index in [0.29, 0.717) is 12.8 Å². The Kier molecular flexibility index (Phi) is 3.40. The normalized spacial score (nSPS) is 21.5. The summed E-state index contributed by atoms with van der Waals surface area (Å²) in [7, 11) is -0.960. The Hall–Kier alpha value is -0.620. The van der Waals surface area contributed by atoms with E-state index in [2.05, 4.69) is 0 Å². The van der Waals surface area contributed by atoms with Crippen LogP contribution in [-0.2, 0) is 14.8 Å². The highest BCUT2D eigenvalue weighted by atomic mass is 32.2. The van der Waals surface area contributed by atoms with Gasteiger partial charge in [-0.05, 0) is 12.8 Å². The molecule has 1 aliphatic carbocycles. The van der Waals surface area contributed by atoms with Crippen LogP contribution in [0.3, 0.4) is 0 Å². The van der Waals surface area contributed by atoms with E-state index in [1.165, 1.54) is 14.1 Å². The molecule has 5 nitrogen and oxygen atoms in total. The van der Waals surface area contributed by atoms with Crippen LogP contribution >= 0.6 is 0 Å². The number of hydrogen-bond donors (Lipinski definition) is 1. The van der Waals surface area contributed by atoms with E-state index in [0.717, 1.165) is 10.7 Å². The van der Waals surface area contributed by atoms with Crippen molar-refractivity contribution in [3.05, 3.63) is 0 Å². The van der Waals surface area contributed by atoms with Crippen molar-refractivity contribution in [1.82, 2.24) is 4.31 Å². The van der Waals surface area contributed by atoms with Crippen LogP contribution < -0.4 is 0 Å². The topological polar surface area (TPSA) is 74.7 Å². The fraction of sp³-hybridized carbons (Fsp3) is 0.889. The standard InChI is InChI=1S/C9H17NO4S/c1-10(2)15(13,14)9(8(11)12)6-4-3-5-7-9/h3-7H2,1-2H3,(H,11,12). The van der Waals surface area contributed by atoms with Gasteiger partial charge in [-0.1, -0.05) is 19.3 Å². The maximum Gasteiger partial charge on any atom is 0.326 e. The molecule has 0 radical (unpaired) electrons. The van der Waals surface area contributed by atoms with Crippen molar-refractivity contribution >= 4 is 16.0 Å². The van der Waals surface area contributed by atoms with Gasteiger partial charge in [-0.15, -0.1) is 0 Å². The summed E-state index contributed by atoms with van der Waals surface area (Å²) in [5.74, 6) is -1.21. The van der Waals surface area contributed by atoms with Crippen LogP contribution in [0.25, 0.3) is 0 Å². The van der Waals surface area contributed by atoms with E-state index in [9.17, 15) is 13.2 Å². The zero-order chi connectivity index (χ0) is 11.7. The van der Waals surface area contributed by atoms with Gasteiger partial charge in [-0.25, -0.2) is 12.7 Å². The molecule has 0 aromatic rings. The summed E-state index contributed by atoms with van der Waals surface area (Å²) in [5.41, 5.74) is 0. The third-order valence-corrected chi connectivity index (χ3v) is 5.56. The predicted molar refractivity (Wildman–Crippen MR) is 56.1 cm³/mol. The zero-order valence-corrected chi connectivity index (χ0v) is 9.88. The van der Waals surface area contributed by atoms with Gasteiger partial charge in [0.05, 0.1) is 0 Å². The molecule has 1 rings (SSSR count). The van der Waals surface area contributed by atoms with Crippen LogP contribution in [0.4, 0.5) is 0 Å². The van der Waals surface area contributed by atoms with Crippen molar-refractivity contribution in [2.75, 3.05) is 14.1 Å². The fourth-order valence-corrected chi connectivity index (χ4v) is 3.78. The molecule has 6 heteroatoms. The molecule has 1 aliphatic rings. The smallest absolute Gasteiger partial charge is 0.326 e. The third-order valence-electron chi connectivity index (χ3n) is 3.03. The number of hydrogen-bond acceptors (Lipinski definition) is 3. The molecule has 88 valence electrons. The molecular weight excluding hydrogens is 218 g/mol. The van der Waals surface area contributed by atoms with Crippen LogP contribution in [0.15, 0.2) is 0 Å².